The molecule has 0 atom stereocenters. The minimum atomic E-state index is 1.06. The Morgan fingerprint density at radius 1 is 1.08 bits per heavy atom. The van der Waals surface area contributed by atoms with Crippen molar-refractivity contribution in [2.24, 2.45) is 4.99 Å². The maximum atomic E-state index is 4.26. The van der Waals surface area contributed by atoms with Crippen LogP contribution in [0.1, 0.15) is 17.5 Å². The Bertz CT molecular complexity index is 313. The summed E-state index contributed by atoms with van der Waals surface area (Å²) in [6, 6.07) is 8.66. The van der Waals surface area contributed by atoms with Crippen molar-refractivity contribution in [3.63, 3.8) is 0 Å². The Morgan fingerprint density at radius 2 is 1.83 bits per heavy atom. The topological polar surface area (TPSA) is 12.4 Å². The summed E-state index contributed by atoms with van der Waals surface area (Å²) in [5, 5.41) is 0. The van der Waals surface area contributed by atoms with E-state index in [2.05, 4.69) is 29.3 Å². The molecule has 0 aliphatic heterocycles. The number of hydrogen-bond acceptors (Lipinski definition) is 1. The van der Waals surface area contributed by atoms with Gasteiger partial charge in [0.2, 0.25) is 0 Å². The van der Waals surface area contributed by atoms with E-state index < -0.39 is 0 Å². The highest BCUT2D eigenvalue weighted by molar-refractivity contribution is 5.88. The predicted molar refractivity (Wildman–Crippen MR) is 51.8 cm³/mol. The van der Waals surface area contributed by atoms with Crippen molar-refractivity contribution in [3.05, 3.63) is 35.4 Å². The van der Waals surface area contributed by atoms with Gasteiger partial charge in [-0.25, -0.2) is 0 Å². The van der Waals surface area contributed by atoms with E-state index in [1.807, 2.05) is 7.05 Å². The summed E-state index contributed by atoms with van der Waals surface area (Å²) in [6.07, 6.45) is 3.38. The number of aliphatic imine (C=N–C) groups is 1. The van der Waals surface area contributed by atoms with Crippen molar-refractivity contribution >= 4 is 5.71 Å². The van der Waals surface area contributed by atoms with Gasteiger partial charge in [-0.2, -0.15) is 0 Å². The number of aryl methyl sites for hydroxylation is 1. The van der Waals surface area contributed by atoms with Crippen LogP contribution in [0.5, 0.6) is 0 Å². The molecule has 0 heterocycles. The summed E-state index contributed by atoms with van der Waals surface area (Å²) in [5.74, 6) is 0. The van der Waals surface area contributed by atoms with Gasteiger partial charge in [-0.1, -0.05) is 24.3 Å². The molecule has 1 aromatic rings. The van der Waals surface area contributed by atoms with Gasteiger partial charge in [0.15, 0.2) is 0 Å². The van der Waals surface area contributed by atoms with Crippen LogP contribution < -0.4 is 0 Å². The second-order valence-corrected chi connectivity index (χ2v) is 3.24. The van der Waals surface area contributed by atoms with Gasteiger partial charge in [-0.3, -0.25) is 4.99 Å². The third-order valence-corrected chi connectivity index (χ3v) is 2.51. The fourth-order valence-corrected chi connectivity index (χ4v) is 1.75. The Labute approximate surface area is 73.1 Å². The monoisotopic (exact) mass is 159 g/mol. The molecule has 1 aliphatic rings. The Kier molecular flexibility index (Phi) is 1.94. The summed E-state index contributed by atoms with van der Waals surface area (Å²) >= 11 is 0. The van der Waals surface area contributed by atoms with E-state index in [1.165, 1.54) is 23.3 Å². The molecule has 1 heteroatoms. The third-order valence-electron chi connectivity index (χ3n) is 2.51. The molecular formula is C11H13N. The van der Waals surface area contributed by atoms with Crippen LogP contribution in [0, 0.1) is 0 Å². The van der Waals surface area contributed by atoms with Gasteiger partial charge in [0.1, 0.15) is 0 Å². The van der Waals surface area contributed by atoms with E-state index in [-0.39, 0.29) is 0 Å². The summed E-state index contributed by atoms with van der Waals surface area (Å²) in [6.45, 7) is 0. The molecule has 1 nitrogen and oxygen atoms in total. The molecule has 2 rings (SSSR count). The van der Waals surface area contributed by atoms with Crippen molar-refractivity contribution in [2.75, 3.05) is 7.05 Å². The molecule has 0 spiro atoms. The standard InChI is InChI=1S/C11H13N/c1-12-11-7-6-9-4-2-3-5-10(9)8-11/h2-5H,6-8H2,1H3/b12-11-. The lowest BCUT2D eigenvalue weighted by molar-refractivity contribution is 0.943. The summed E-state index contributed by atoms with van der Waals surface area (Å²) in [5.41, 5.74) is 4.31. The van der Waals surface area contributed by atoms with E-state index in [4.69, 9.17) is 0 Å². The van der Waals surface area contributed by atoms with Gasteiger partial charge in [-0.15, -0.1) is 0 Å². The average molecular weight is 159 g/mol. The average Bonchev–Trinajstić information content (AvgIpc) is 2.17. The van der Waals surface area contributed by atoms with Crippen LogP contribution >= 0.6 is 0 Å². The lowest BCUT2D eigenvalue weighted by atomic mass is 9.90. The second-order valence-electron chi connectivity index (χ2n) is 3.24. The lowest BCUT2D eigenvalue weighted by Gasteiger charge is -2.16. The van der Waals surface area contributed by atoms with E-state index >= 15 is 0 Å². The van der Waals surface area contributed by atoms with Crippen LogP contribution in [-0.4, -0.2) is 12.8 Å². The van der Waals surface area contributed by atoms with Crippen LogP contribution in [-0.2, 0) is 12.8 Å². The van der Waals surface area contributed by atoms with Gasteiger partial charge in [0, 0.05) is 19.2 Å². The Balaban J connectivity index is 2.35. The highest BCUT2D eigenvalue weighted by atomic mass is 14.7. The number of hydrogen-bond donors (Lipinski definition) is 0. The maximum Gasteiger partial charge on any atom is 0.0276 e. The van der Waals surface area contributed by atoms with Crippen molar-refractivity contribution < 1.29 is 0 Å². The Morgan fingerprint density at radius 3 is 2.58 bits per heavy atom. The third kappa shape index (κ3) is 1.27. The molecule has 1 aliphatic carbocycles. The summed E-state index contributed by atoms with van der Waals surface area (Å²) in [7, 11) is 1.89. The number of nitrogens with zero attached hydrogens (tertiary/aromatic N) is 1. The van der Waals surface area contributed by atoms with Crippen LogP contribution in [0.25, 0.3) is 0 Å². The molecular weight excluding hydrogens is 146 g/mol. The fourth-order valence-electron chi connectivity index (χ4n) is 1.75. The van der Waals surface area contributed by atoms with Gasteiger partial charge >= 0.3 is 0 Å². The molecule has 0 amide bonds. The van der Waals surface area contributed by atoms with Crippen LogP contribution in [0.2, 0.25) is 0 Å². The number of benzene rings is 1. The number of fused-ring (bicyclic) bond motifs is 1. The van der Waals surface area contributed by atoms with Gasteiger partial charge in [-0.05, 0) is 24.0 Å². The lowest BCUT2D eigenvalue weighted by Crippen LogP contribution is -2.13. The molecule has 0 fully saturated rings. The largest absolute Gasteiger partial charge is 0.297 e. The molecule has 0 bridgehead atoms. The molecule has 0 radical (unpaired) electrons. The maximum absolute atomic E-state index is 4.26. The van der Waals surface area contributed by atoms with Crippen molar-refractivity contribution in [1.29, 1.82) is 0 Å². The molecule has 0 saturated heterocycles. The SMILES string of the molecule is C/N=C1/CCc2ccccc2C1. The zero-order valence-electron chi connectivity index (χ0n) is 7.38. The van der Waals surface area contributed by atoms with Crippen molar-refractivity contribution in [2.45, 2.75) is 19.3 Å². The van der Waals surface area contributed by atoms with E-state index in [9.17, 15) is 0 Å². The molecule has 62 valence electrons. The molecule has 12 heavy (non-hydrogen) atoms. The van der Waals surface area contributed by atoms with Crippen LogP contribution in [0.4, 0.5) is 0 Å². The van der Waals surface area contributed by atoms with Gasteiger partial charge in [0.25, 0.3) is 0 Å². The minimum absolute atomic E-state index is 1.06. The quantitative estimate of drug-likeness (QED) is 0.550. The van der Waals surface area contributed by atoms with Crippen LogP contribution in [0.3, 0.4) is 0 Å². The Hall–Kier alpha value is -1.11. The molecule has 0 saturated carbocycles. The van der Waals surface area contributed by atoms with Crippen molar-refractivity contribution in [3.8, 4) is 0 Å². The van der Waals surface area contributed by atoms with E-state index in [1.54, 1.807) is 0 Å². The second kappa shape index (κ2) is 3.10. The van der Waals surface area contributed by atoms with E-state index in [0.717, 1.165) is 12.8 Å². The smallest absolute Gasteiger partial charge is 0.0276 e. The first-order valence-corrected chi connectivity index (χ1v) is 4.41. The van der Waals surface area contributed by atoms with Crippen molar-refractivity contribution in [1.82, 2.24) is 0 Å². The van der Waals surface area contributed by atoms with E-state index in [0.29, 0.717) is 0 Å². The van der Waals surface area contributed by atoms with Gasteiger partial charge in [0.05, 0.1) is 0 Å². The molecule has 0 N–H and O–H groups in total. The number of rotatable bonds is 0. The van der Waals surface area contributed by atoms with Gasteiger partial charge < -0.3 is 0 Å². The normalized spacial score (nSPS) is 19.2. The molecule has 0 unspecified atom stereocenters. The molecule has 1 aromatic carbocycles. The first-order valence-electron chi connectivity index (χ1n) is 4.41. The zero-order chi connectivity index (χ0) is 8.39. The highest BCUT2D eigenvalue weighted by Gasteiger charge is 2.11. The fraction of sp³-hybridized carbons (Fsp3) is 0.364. The molecule has 0 aromatic heterocycles. The predicted octanol–water partition coefficient (Wildman–Crippen LogP) is 2.25. The minimum Gasteiger partial charge on any atom is -0.297 e. The highest BCUT2D eigenvalue weighted by Crippen LogP contribution is 2.18. The summed E-state index contributed by atoms with van der Waals surface area (Å²) in [4.78, 5) is 4.26. The summed E-state index contributed by atoms with van der Waals surface area (Å²) < 4.78 is 0. The first kappa shape index (κ1) is 7.53. The zero-order valence-corrected chi connectivity index (χ0v) is 7.38. The van der Waals surface area contributed by atoms with Crippen LogP contribution in [0.15, 0.2) is 29.3 Å². The first-order chi connectivity index (χ1) is 5.90.